The second-order valence-electron chi connectivity index (χ2n) is 9.02. The number of rotatable bonds is 2. The number of carbonyl (C=O) groups excluding carboxylic acids is 2. The fourth-order valence-electron chi connectivity index (χ4n) is 7.20. The van der Waals surface area contributed by atoms with Crippen molar-refractivity contribution >= 4 is 11.8 Å². The highest BCUT2D eigenvalue weighted by molar-refractivity contribution is 5.91. The number of allylic oxidation sites excluding steroid dienone is 1. The first-order valence-electron chi connectivity index (χ1n) is 10.3. The fraction of sp³-hybridized carbons (Fsp3) is 0.739. The van der Waals surface area contributed by atoms with Gasteiger partial charge in [0.2, 0.25) is 0 Å². The molecule has 0 amide bonds. The highest BCUT2D eigenvalue weighted by atomic mass is 16.5. The van der Waals surface area contributed by atoms with Gasteiger partial charge < -0.3 is 4.74 Å². The summed E-state index contributed by atoms with van der Waals surface area (Å²) >= 11 is 0. The van der Waals surface area contributed by atoms with Gasteiger partial charge in [0.1, 0.15) is 6.10 Å². The Morgan fingerprint density at radius 3 is 2.77 bits per heavy atom. The first kappa shape index (κ1) is 17.8. The molecule has 0 saturated heterocycles. The normalized spacial score (nSPS) is 42.6. The first-order valence-corrected chi connectivity index (χ1v) is 10.3. The average Bonchev–Trinajstić information content (AvgIpc) is 2.99. The maximum absolute atomic E-state index is 11.8. The lowest BCUT2D eigenvalue weighted by atomic mass is 9.49. The molecule has 4 aliphatic carbocycles. The minimum Gasteiger partial charge on any atom is -0.462 e. The van der Waals surface area contributed by atoms with Crippen molar-refractivity contribution in [2.24, 2.45) is 35.0 Å². The maximum Gasteiger partial charge on any atom is 0.302 e. The molecule has 4 aliphatic rings. The molecule has 0 aromatic heterocycles. The van der Waals surface area contributed by atoms with Crippen molar-refractivity contribution in [3.05, 3.63) is 11.6 Å². The summed E-state index contributed by atoms with van der Waals surface area (Å²) in [5.74, 6) is 5.77. The van der Waals surface area contributed by atoms with Crippen LogP contribution in [0.3, 0.4) is 0 Å². The van der Waals surface area contributed by atoms with Gasteiger partial charge in [-0.2, -0.15) is 0 Å². The minimum absolute atomic E-state index is 0.0260. The van der Waals surface area contributed by atoms with E-state index in [2.05, 4.69) is 12.8 Å². The van der Waals surface area contributed by atoms with Gasteiger partial charge in [0.05, 0.1) is 0 Å². The predicted octanol–water partition coefficient (Wildman–Crippen LogP) is 4.31. The molecule has 3 fully saturated rings. The minimum atomic E-state index is -0.180. The summed E-state index contributed by atoms with van der Waals surface area (Å²) in [5.41, 5.74) is 1.36. The van der Waals surface area contributed by atoms with Crippen LogP contribution in [0, 0.1) is 47.3 Å². The molecule has 0 radical (unpaired) electrons. The predicted molar refractivity (Wildman–Crippen MR) is 100.0 cm³/mol. The summed E-state index contributed by atoms with van der Waals surface area (Å²) in [6.07, 6.45) is 16.1. The average molecular weight is 354 g/mol. The molecule has 0 N–H and O–H groups in total. The zero-order valence-electron chi connectivity index (χ0n) is 16.0. The molecule has 0 aliphatic heterocycles. The van der Waals surface area contributed by atoms with E-state index >= 15 is 0 Å². The van der Waals surface area contributed by atoms with E-state index < -0.39 is 0 Å². The van der Waals surface area contributed by atoms with Crippen LogP contribution in [-0.4, -0.2) is 17.9 Å². The molecule has 0 spiro atoms. The van der Waals surface area contributed by atoms with E-state index in [-0.39, 0.29) is 23.4 Å². The highest BCUT2D eigenvalue weighted by Crippen LogP contribution is 2.64. The third-order valence-corrected chi connectivity index (χ3v) is 8.18. The van der Waals surface area contributed by atoms with Gasteiger partial charge in [0, 0.05) is 24.7 Å². The van der Waals surface area contributed by atoms with Gasteiger partial charge >= 0.3 is 5.97 Å². The molecular weight excluding hydrogens is 324 g/mol. The van der Waals surface area contributed by atoms with Gasteiger partial charge in [-0.1, -0.05) is 12.5 Å². The number of fused-ring (bicyclic) bond motifs is 5. The lowest BCUT2D eigenvalue weighted by Gasteiger charge is -2.55. The van der Waals surface area contributed by atoms with Crippen molar-refractivity contribution in [3.8, 4) is 12.3 Å². The van der Waals surface area contributed by atoms with Crippen LogP contribution < -0.4 is 0 Å². The Labute approximate surface area is 156 Å². The third kappa shape index (κ3) is 2.56. The van der Waals surface area contributed by atoms with Crippen LogP contribution in [0.25, 0.3) is 0 Å². The van der Waals surface area contributed by atoms with E-state index in [9.17, 15) is 9.59 Å². The standard InChI is InChI=1S/C23H30O3/c1-4-14(2)23-12-11-19-18-8-6-17(25)13-16(18)5-7-20(19)21(23)9-10-22(23)26-15(3)24/h1,13-14,18-22H,5-12H2,2-3H3/t14?,18-,19+,20+,21-,22?,23?/m0/s1. The fourth-order valence-corrected chi connectivity index (χ4v) is 7.20. The van der Waals surface area contributed by atoms with Crippen LogP contribution in [0.4, 0.5) is 0 Å². The molecule has 3 unspecified atom stereocenters. The largest absolute Gasteiger partial charge is 0.462 e. The Morgan fingerprint density at radius 1 is 1.23 bits per heavy atom. The topological polar surface area (TPSA) is 43.4 Å². The summed E-state index contributed by atoms with van der Waals surface area (Å²) in [4.78, 5) is 23.6. The number of hydrogen-bond acceptors (Lipinski definition) is 3. The van der Waals surface area contributed by atoms with Crippen molar-refractivity contribution in [1.29, 1.82) is 0 Å². The third-order valence-electron chi connectivity index (χ3n) is 8.18. The van der Waals surface area contributed by atoms with E-state index in [4.69, 9.17) is 11.2 Å². The molecule has 7 atom stereocenters. The van der Waals surface area contributed by atoms with Gasteiger partial charge in [-0.05, 0) is 74.7 Å². The quantitative estimate of drug-likeness (QED) is 0.548. The summed E-state index contributed by atoms with van der Waals surface area (Å²) in [5, 5.41) is 0. The second-order valence-corrected chi connectivity index (χ2v) is 9.02. The van der Waals surface area contributed by atoms with Crippen LogP contribution in [0.15, 0.2) is 11.6 Å². The number of ether oxygens (including phenoxy) is 1. The van der Waals surface area contributed by atoms with Gasteiger partial charge in [-0.3, -0.25) is 9.59 Å². The van der Waals surface area contributed by atoms with E-state index in [1.807, 2.05) is 6.08 Å². The number of carbonyl (C=O) groups is 2. The van der Waals surface area contributed by atoms with E-state index in [0.29, 0.717) is 35.9 Å². The zero-order chi connectivity index (χ0) is 18.5. The number of ketones is 1. The molecule has 3 heteroatoms. The lowest BCUT2D eigenvalue weighted by molar-refractivity contribution is -0.160. The number of esters is 1. The molecular formula is C23H30O3. The molecule has 0 bridgehead atoms. The van der Waals surface area contributed by atoms with Crippen LogP contribution in [0.5, 0.6) is 0 Å². The Hall–Kier alpha value is -1.56. The molecule has 26 heavy (non-hydrogen) atoms. The van der Waals surface area contributed by atoms with Crippen LogP contribution >= 0.6 is 0 Å². The second kappa shape index (κ2) is 6.55. The van der Waals surface area contributed by atoms with Crippen LogP contribution in [-0.2, 0) is 14.3 Å². The van der Waals surface area contributed by atoms with E-state index in [0.717, 1.165) is 44.9 Å². The summed E-state index contributed by atoms with van der Waals surface area (Å²) in [6.45, 7) is 3.67. The van der Waals surface area contributed by atoms with Crippen molar-refractivity contribution in [3.63, 3.8) is 0 Å². The van der Waals surface area contributed by atoms with Crippen molar-refractivity contribution in [2.75, 3.05) is 0 Å². The Morgan fingerprint density at radius 2 is 2.04 bits per heavy atom. The van der Waals surface area contributed by atoms with Crippen molar-refractivity contribution in [2.45, 2.75) is 71.3 Å². The maximum atomic E-state index is 11.8. The number of hydrogen-bond donors (Lipinski definition) is 0. The first-order chi connectivity index (χ1) is 12.5. The monoisotopic (exact) mass is 354 g/mol. The molecule has 0 aromatic rings. The van der Waals surface area contributed by atoms with Gasteiger partial charge in [0.25, 0.3) is 0 Å². The molecule has 4 rings (SSSR count). The van der Waals surface area contributed by atoms with Crippen LogP contribution in [0.1, 0.15) is 65.2 Å². The Kier molecular flexibility index (Phi) is 4.49. The summed E-state index contributed by atoms with van der Waals surface area (Å²) in [6, 6.07) is 0. The van der Waals surface area contributed by atoms with Crippen LogP contribution in [0.2, 0.25) is 0 Å². The summed E-state index contributed by atoms with van der Waals surface area (Å²) in [7, 11) is 0. The van der Waals surface area contributed by atoms with E-state index in [1.165, 1.54) is 12.5 Å². The summed E-state index contributed by atoms with van der Waals surface area (Å²) < 4.78 is 5.82. The van der Waals surface area contributed by atoms with Gasteiger partial charge in [-0.15, -0.1) is 12.3 Å². The molecule has 140 valence electrons. The highest BCUT2D eigenvalue weighted by Gasteiger charge is 2.61. The van der Waals surface area contributed by atoms with E-state index in [1.54, 1.807) is 0 Å². The molecule has 0 heterocycles. The molecule has 3 nitrogen and oxygen atoms in total. The SMILES string of the molecule is C#CC(C)C12CC[C@H]3[C@@H](CCC4=CC(=O)CC[C@@H]43)[C@@H]1CCC2OC(C)=O. The molecule has 3 saturated carbocycles. The smallest absolute Gasteiger partial charge is 0.302 e. The lowest BCUT2D eigenvalue weighted by Crippen LogP contribution is -2.52. The zero-order valence-corrected chi connectivity index (χ0v) is 16.0. The molecule has 0 aromatic carbocycles. The Bertz CT molecular complexity index is 684. The Balaban J connectivity index is 1.66. The van der Waals surface area contributed by atoms with Crippen molar-refractivity contribution < 1.29 is 14.3 Å². The number of terminal acetylenes is 1. The van der Waals surface area contributed by atoms with Crippen molar-refractivity contribution in [1.82, 2.24) is 0 Å². The van der Waals surface area contributed by atoms with Gasteiger partial charge in [0.15, 0.2) is 5.78 Å². The van der Waals surface area contributed by atoms with Gasteiger partial charge in [-0.25, -0.2) is 0 Å².